The Balaban J connectivity index is 1.54. The number of anilines is 1. The van der Waals surface area contributed by atoms with Gasteiger partial charge in [0.25, 0.3) is 0 Å². The summed E-state index contributed by atoms with van der Waals surface area (Å²) in [7, 11) is 0. The first kappa shape index (κ1) is 11.0. The first-order valence-corrected chi connectivity index (χ1v) is 6.85. The van der Waals surface area contributed by atoms with Gasteiger partial charge in [0.2, 0.25) is 5.95 Å². The van der Waals surface area contributed by atoms with Crippen LogP contribution in [0.25, 0.3) is 0 Å². The molecule has 0 aromatic carbocycles. The van der Waals surface area contributed by atoms with Crippen LogP contribution in [0.1, 0.15) is 37.7 Å². The molecular formula is C14H21N3. The Morgan fingerprint density at radius 1 is 1.06 bits per heavy atom. The monoisotopic (exact) mass is 231 g/mol. The zero-order chi connectivity index (χ0) is 11.7. The van der Waals surface area contributed by atoms with Crippen molar-refractivity contribution in [3.05, 3.63) is 18.0 Å². The molecule has 1 aromatic rings. The Morgan fingerprint density at radius 3 is 2.24 bits per heavy atom. The van der Waals surface area contributed by atoms with E-state index < -0.39 is 0 Å². The molecule has 0 bridgehead atoms. The van der Waals surface area contributed by atoms with Gasteiger partial charge in [-0.25, -0.2) is 9.97 Å². The quantitative estimate of drug-likeness (QED) is 0.801. The number of piperidine rings is 1. The highest BCUT2D eigenvalue weighted by atomic mass is 15.2. The molecule has 0 spiro atoms. The second-order valence-electron chi connectivity index (χ2n) is 5.67. The SMILES string of the molecule is Cc1cnc(N2CCC(CC3CC3)CC2)nc1. The van der Waals surface area contributed by atoms with Gasteiger partial charge in [-0.3, -0.25) is 0 Å². The molecule has 1 saturated heterocycles. The molecule has 1 aliphatic heterocycles. The van der Waals surface area contributed by atoms with Gasteiger partial charge in [0.05, 0.1) is 0 Å². The normalized spacial score (nSPS) is 21.8. The Hall–Kier alpha value is -1.12. The minimum absolute atomic E-state index is 0.917. The Morgan fingerprint density at radius 2 is 1.65 bits per heavy atom. The van der Waals surface area contributed by atoms with E-state index in [1.807, 2.05) is 19.3 Å². The summed E-state index contributed by atoms with van der Waals surface area (Å²) in [6.45, 7) is 4.31. The summed E-state index contributed by atoms with van der Waals surface area (Å²) < 4.78 is 0. The van der Waals surface area contributed by atoms with Crippen LogP contribution >= 0.6 is 0 Å². The van der Waals surface area contributed by atoms with Gasteiger partial charge in [-0.05, 0) is 43.6 Å². The molecular weight excluding hydrogens is 210 g/mol. The van der Waals surface area contributed by atoms with Crippen molar-refractivity contribution in [2.24, 2.45) is 11.8 Å². The summed E-state index contributed by atoms with van der Waals surface area (Å²) in [5.74, 6) is 2.95. The van der Waals surface area contributed by atoms with Crippen LogP contribution in [0.3, 0.4) is 0 Å². The van der Waals surface area contributed by atoms with E-state index in [9.17, 15) is 0 Å². The largest absolute Gasteiger partial charge is 0.341 e. The molecule has 92 valence electrons. The van der Waals surface area contributed by atoms with Crippen LogP contribution in [0.4, 0.5) is 5.95 Å². The van der Waals surface area contributed by atoms with Gasteiger partial charge in [0.15, 0.2) is 0 Å². The second-order valence-corrected chi connectivity index (χ2v) is 5.67. The topological polar surface area (TPSA) is 29.0 Å². The first-order chi connectivity index (χ1) is 8.31. The summed E-state index contributed by atoms with van der Waals surface area (Å²) >= 11 is 0. The molecule has 3 rings (SSSR count). The van der Waals surface area contributed by atoms with Gasteiger partial charge in [-0.2, -0.15) is 0 Å². The van der Waals surface area contributed by atoms with Gasteiger partial charge in [0.1, 0.15) is 0 Å². The molecule has 2 fully saturated rings. The van der Waals surface area contributed by atoms with Gasteiger partial charge < -0.3 is 4.90 Å². The highest BCUT2D eigenvalue weighted by Gasteiger charge is 2.28. The van der Waals surface area contributed by atoms with Crippen LogP contribution < -0.4 is 4.90 Å². The van der Waals surface area contributed by atoms with Crippen molar-refractivity contribution in [3.63, 3.8) is 0 Å². The highest BCUT2D eigenvalue weighted by Crippen LogP contribution is 2.38. The summed E-state index contributed by atoms with van der Waals surface area (Å²) in [5.41, 5.74) is 1.14. The zero-order valence-corrected chi connectivity index (χ0v) is 10.6. The van der Waals surface area contributed by atoms with Crippen molar-refractivity contribution in [2.75, 3.05) is 18.0 Å². The average Bonchev–Trinajstić information content (AvgIpc) is 3.15. The van der Waals surface area contributed by atoms with Gasteiger partial charge >= 0.3 is 0 Å². The molecule has 1 aromatic heterocycles. The molecule has 0 N–H and O–H groups in total. The maximum Gasteiger partial charge on any atom is 0.225 e. The van der Waals surface area contributed by atoms with E-state index in [1.54, 1.807) is 0 Å². The summed E-state index contributed by atoms with van der Waals surface area (Å²) in [6, 6.07) is 0. The van der Waals surface area contributed by atoms with E-state index in [1.165, 1.54) is 32.1 Å². The van der Waals surface area contributed by atoms with E-state index in [0.717, 1.165) is 36.4 Å². The minimum atomic E-state index is 0.917. The van der Waals surface area contributed by atoms with E-state index in [0.29, 0.717) is 0 Å². The molecule has 2 heterocycles. The van der Waals surface area contributed by atoms with E-state index >= 15 is 0 Å². The van der Waals surface area contributed by atoms with Gasteiger partial charge in [0, 0.05) is 25.5 Å². The fourth-order valence-corrected chi connectivity index (χ4v) is 2.74. The Labute approximate surface area is 103 Å². The van der Waals surface area contributed by atoms with Crippen LogP contribution in [0, 0.1) is 18.8 Å². The van der Waals surface area contributed by atoms with E-state index in [2.05, 4.69) is 14.9 Å². The zero-order valence-electron chi connectivity index (χ0n) is 10.6. The molecule has 3 heteroatoms. The molecule has 1 aliphatic carbocycles. The van der Waals surface area contributed by atoms with Crippen LogP contribution in [-0.2, 0) is 0 Å². The predicted octanol–water partition coefficient (Wildman–Crippen LogP) is 2.80. The molecule has 0 unspecified atom stereocenters. The predicted molar refractivity (Wildman–Crippen MR) is 69.0 cm³/mol. The van der Waals surface area contributed by atoms with Crippen molar-refractivity contribution in [3.8, 4) is 0 Å². The average molecular weight is 231 g/mol. The molecule has 2 aliphatic rings. The number of aromatic nitrogens is 2. The van der Waals surface area contributed by atoms with Crippen LogP contribution in [0.5, 0.6) is 0 Å². The molecule has 17 heavy (non-hydrogen) atoms. The lowest BCUT2D eigenvalue weighted by molar-refractivity contribution is 0.362. The molecule has 0 atom stereocenters. The fraction of sp³-hybridized carbons (Fsp3) is 0.714. The van der Waals surface area contributed by atoms with Gasteiger partial charge in [-0.1, -0.05) is 12.8 Å². The maximum absolute atomic E-state index is 4.42. The molecule has 3 nitrogen and oxygen atoms in total. The van der Waals surface area contributed by atoms with Crippen molar-refractivity contribution < 1.29 is 0 Å². The number of hydrogen-bond acceptors (Lipinski definition) is 3. The third-order valence-electron chi connectivity index (χ3n) is 4.03. The lowest BCUT2D eigenvalue weighted by Gasteiger charge is -2.32. The van der Waals surface area contributed by atoms with Crippen molar-refractivity contribution >= 4 is 5.95 Å². The van der Waals surface area contributed by atoms with Crippen molar-refractivity contribution in [1.82, 2.24) is 9.97 Å². The number of hydrogen-bond donors (Lipinski definition) is 0. The van der Waals surface area contributed by atoms with Crippen LogP contribution in [0.2, 0.25) is 0 Å². The summed E-state index contributed by atoms with van der Waals surface area (Å²) in [5, 5.41) is 0. The standard InChI is InChI=1S/C14H21N3/c1-11-9-15-14(16-10-11)17-6-4-13(5-7-17)8-12-2-3-12/h9-10,12-13H,2-8H2,1H3. The highest BCUT2D eigenvalue weighted by molar-refractivity contribution is 5.30. The molecule has 0 radical (unpaired) electrons. The van der Waals surface area contributed by atoms with Crippen molar-refractivity contribution in [2.45, 2.75) is 39.0 Å². The van der Waals surface area contributed by atoms with Crippen molar-refractivity contribution in [1.29, 1.82) is 0 Å². The third-order valence-corrected chi connectivity index (χ3v) is 4.03. The Kier molecular flexibility index (Phi) is 3.00. The maximum atomic E-state index is 4.42. The van der Waals surface area contributed by atoms with Crippen LogP contribution in [0.15, 0.2) is 12.4 Å². The minimum Gasteiger partial charge on any atom is -0.341 e. The van der Waals surface area contributed by atoms with Crippen LogP contribution in [-0.4, -0.2) is 23.1 Å². The van der Waals surface area contributed by atoms with E-state index in [-0.39, 0.29) is 0 Å². The lowest BCUT2D eigenvalue weighted by Crippen LogP contribution is -2.35. The third kappa shape index (κ3) is 2.76. The van der Waals surface area contributed by atoms with E-state index in [4.69, 9.17) is 0 Å². The summed E-state index contributed by atoms with van der Waals surface area (Å²) in [6.07, 6.45) is 10.9. The second kappa shape index (κ2) is 4.63. The number of aryl methyl sites for hydroxylation is 1. The summed E-state index contributed by atoms with van der Waals surface area (Å²) in [4.78, 5) is 11.2. The fourth-order valence-electron chi connectivity index (χ4n) is 2.74. The molecule has 0 amide bonds. The van der Waals surface area contributed by atoms with Gasteiger partial charge in [-0.15, -0.1) is 0 Å². The number of rotatable bonds is 3. The lowest BCUT2D eigenvalue weighted by atomic mass is 9.92. The number of nitrogens with zero attached hydrogens (tertiary/aromatic N) is 3. The Bertz CT molecular complexity index is 362. The first-order valence-electron chi connectivity index (χ1n) is 6.85. The molecule has 1 saturated carbocycles. The smallest absolute Gasteiger partial charge is 0.225 e.